The topological polar surface area (TPSA) is 107 Å². The van der Waals surface area contributed by atoms with Crippen LogP contribution in [0.4, 0.5) is 4.79 Å². The molecule has 1 rings (SSSR count). The fourth-order valence-corrected chi connectivity index (χ4v) is 2.32. The van der Waals surface area contributed by atoms with Crippen molar-refractivity contribution in [2.75, 3.05) is 31.2 Å². The van der Waals surface area contributed by atoms with Gasteiger partial charge in [-0.3, -0.25) is 4.21 Å². The van der Waals surface area contributed by atoms with Gasteiger partial charge in [0.05, 0.1) is 6.61 Å². The molecule has 3 N–H and O–H groups in total. The van der Waals surface area contributed by atoms with Gasteiger partial charge in [0.2, 0.25) is 0 Å². The second-order valence-corrected chi connectivity index (χ2v) is 5.05. The van der Waals surface area contributed by atoms with Crippen molar-refractivity contribution in [1.29, 1.82) is 0 Å². The number of carboxylic acids is 1. The van der Waals surface area contributed by atoms with Crippen molar-refractivity contribution in [2.24, 2.45) is 0 Å². The van der Waals surface area contributed by atoms with Crippen molar-refractivity contribution in [1.82, 2.24) is 10.2 Å². The van der Waals surface area contributed by atoms with Crippen molar-refractivity contribution in [3.05, 3.63) is 0 Å². The highest BCUT2D eigenvalue weighted by atomic mass is 32.2. The number of hydrogen-bond donors (Lipinski definition) is 3. The molecule has 2 amide bonds. The largest absolute Gasteiger partial charge is 0.480 e. The molecule has 0 spiro atoms. The average molecular weight is 250 g/mol. The molecule has 16 heavy (non-hydrogen) atoms. The average Bonchev–Trinajstić information content (AvgIpc) is 2.26. The van der Waals surface area contributed by atoms with Gasteiger partial charge in [0, 0.05) is 35.4 Å². The maximum absolute atomic E-state index is 11.5. The first-order chi connectivity index (χ1) is 7.54. The number of aliphatic hydroxyl groups is 1. The number of carbonyl (C=O) groups excluding carboxylic acids is 1. The summed E-state index contributed by atoms with van der Waals surface area (Å²) in [7, 11) is -0.888. The van der Waals surface area contributed by atoms with Crippen LogP contribution in [-0.2, 0) is 15.6 Å². The molecule has 1 aliphatic rings. The van der Waals surface area contributed by atoms with Crippen LogP contribution in [0.25, 0.3) is 0 Å². The highest BCUT2D eigenvalue weighted by molar-refractivity contribution is 7.85. The summed E-state index contributed by atoms with van der Waals surface area (Å²) in [4.78, 5) is 23.5. The number of amides is 2. The molecular weight excluding hydrogens is 236 g/mol. The third kappa shape index (κ3) is 3.46. The molecule has 1 aliphatic heterocycles. The van der Waals surface area contributed by atoms with Crippen molar-refractivity contribution in [2.45, 2.75) is 6.04 Å². The number of aliphatic hydroxyl groups excluding tert-OH is 1. The Kier molecular flexibility index (Phi) is 4.69. The molecule has 0 aliphatic carbocycles. The minimum atomic E-state index is -1.29. The molecule has 1 heterocycles. The van der Waals surface area contributed by atoms with Crippen molar-refractivity contribution in [3.8, 4) is 0 Å². The summed E-state index contributed by atoms with van der Waals surface area (Å²) in [6.45, 7) is 0.0350. The number of aliphatic carboxylic acids is 1. The van der Waals surface area contributed by atoms with Gasteiger partial charge in [-0.2, -0.15) is 0 Å². The number of rotatable bonds is 3. The Morgan fingerprint density at radius 3 is 2.38 bits per heavy atom. The van der Waals surface area contributed by atoms with Gasteiger partial charge in [0.1, 0.15) is 0 Å². The van der Waals surface area contributed by atoms with Gasteiger partial charge in [0.15, 0.2) is 6.04 Å². The molecule has 1 saturated heterocycles. The van der Waals surface area contributed by atoms with E-state index in [1.807, 2.05) is 0 Å². The smallest absolute Gasteiger partial charge is 0.328 e. The van der Waals surface area contributed by atoms with E-state index in [0.29, 0.717) is 24.6 Å². The van der Waals surface area contributed by atoms with E-state index in [0.717, 1.165) is 0 Å². The maximum atomic E-state index is 11.5. The van der Waals surface area contributed by atoms with Crippen molar-refractivity contribution < 1.29 is 24.0 Å². The number of hydrogen-bond acceptors (Lipinski definition) is 4. The molecule has 92 valence electrons. The number of carbonyl (C=O) groups is 2. The van der Waals surface area contributed by atoms with Crippen LogP contribution in [-0.4, -0.2) is 68.6 Å². The molecule has 0 aromatic rings. The van der Waals surface area contributed by atoms with Crippen LogP contribution in [0.2, 0.25) is 0 Å². The van der Waals surface area contributed by atoms with E-state index >= 15 is 0 Å². The van der Waals surface area contributed by atoms with E-state index < -0.39 is 35.4 Å². The predicted molar refractivity (Wildman–Crippen MR) is 56.5 cm³/mol. The second kappa shape index (κ2) is 5.80. The zero-order valence-corrected chi connectivity index (χ0v) is 9.40. The Bertz CT molecular complexity index is 299. The van der Waals surface area contributed by atoms with Crippen molar-refractivity contribution in [3.63, 3.8) is 0 Å². The lowest BCUT2D eigenvalue weighted by atomic mass is 10.3. The lowest BCUT2D eigenvalue weighted by molar-refractivity contribution is -0.140. The van der Waals surface area contributed by atoms with E-state index in [1.165, 1.54) is 4.90 Å². The van der Waals surface area contributed by atoms with Gasteiger partial charge in [-0.05, 0) is 0 Å². The first-order valence-corrected chi connectivity index (χ1v) is 6.27. The normalized spacial score (nSPS) is 19.2. The zero-order chi connectivity index (χ0) is 12.1. The fraction of sp³-hybridized carbons (Fsp3) is 0.750. The summed E-state index contributed by atoms with van der Waals surface area (Å²) in [5.41, 5.74) is 0. The summed E-state index contributed by atoms with van der Waals surface area (Å²) in [5.74, 6) is -0.467. The lowest BCUT2D eigenvalue weighted by Gasteiger charge is -2.27. The number of urea groups is 1. The van der Waals surface area contributed by atoms with Crippen LogP contribution in [0.15, 0.2) is 0 Å². The van der Waals surface area contributed by atoms with Gasteiger partial charge in [-0.25, -0.2) is 9.59 Å². The zero-order valence-electron chi connectivity index (χ0n) is 8.59. The third-order valence-electron chi connectivity index (χ3n) is 2.24. The van der Waals surface area contributed by atoms with E-state index in [2.05, 4.69) is 5.32 Å². The molecular formula is C8H14N2O5S. The molecule has 1 fully saturated rings. The van der Waals surface area contributed by atoms with Gasteiger partial charge < -0.3 is 20.4 Å². The van der Waals surface area contributed by atoms with Crippen molar-refractivity contribution >= 4 is 22.8 Å². The summed E-state index contributed by atoms with van der Waals surface area (Å²) >= 11 is 0. The number of carboxylic acid groups (broad SMARTS) is 1. The monoisotopic (exact) mass is 250 g/mol. The van der Waals surface area contributed by atoms with E-state index in [-0.39, 0.29) is 0 Å². The Hall–Kier alpha value is -1.15. The van der Waals surface area contributed by atoms with Gasteiger partial charge in [0.25, 0.3) is 0 Å². The van der Waals surface area contributed by atoms with Crippen LogP contribution < -0.4 is 5.32 Å². The highest BCUT2D eigenvalue weighted by Gasteiger charge is 2.24. The minimum Gasteiger partial charge on any atom is -0.480 e. The molecule has 0 saturated carbocycles. The molecule has 1 atom stereocenters. The van der Waals surface area contributed by atoms with Crippen LogP contribution in [0.3, 0.4) is 0 Å². The summed E-state index contributed by atoms with van der Waals surface area (Å²) in [6.07, 6.45) is 0. The number of nitrogens with zero attached hydrogens (tertiary/aromatic N) is 1. The third-order valence-corrected chi connectivity index (χ3v) is 3.52. The van der Waals surface area contributed by atoms with Gasteiger partial charge in [-0.15, -0.1) is 0 Å². The molecule has 0 radical (unpaired) electrons. The first-order valence-electron chi connectivity index (χ1n) is 4.78. The van der Waals surface area contributed by atoms with E-state index in [9.17, 15) is 13.8 Å². The second-order valence-electron chi connectivity index (χ2n) is 3.36. The molecule has 7 nitrogen and oxygen atoms in total. The SMILES string of the molecule is O=C(O)[C@H](CO)NC(=O)N1CCS(=O)CC1. The van der Waals surface area contributed by atoms with Crippen LogP contribution in [0.1, 0.15) is 0 Å². The molecule has 0 unspecified atom stereocenters. The first kappa shape index (κ1) is 12.9. The fourth-order valence-electron chi connectivity index (χ4n) is 1.27. The van der Waals surface area contributed by atoms with Crippen LogP contribution in [0, 0.1) is 0 Å². The maximum Gasteiger partial charge on any atom is 0.328 e. The molecule has 0 aromatic heterocycles. The molecule has 8 heteroatoms. The Balaban J connectivity index is 2.45. The predicted octanol–water partition coefficient (Wildman–Crippen LogP) is -1.79. The van der Waals surface area contributed by atoms with Crippen LogP contribution >= 0.6 is 0 Å². The molecule has 0 aromatic carbocycles. The standard InChI is InChI=1S/C8H14N2O5S/c11-5-6(7(12)13)9-8(14)10-1-3-16(15)4-2-10/h6,11H,1-5H2,(H,9,14)(H,12,13)/t6-/m0/s1. The Labute approximate surface area is 94.9 Å². The number of nitrogens with one attached hydrogen (secondary N) is 1. The lowest BCUT2D eigenvalue weighted by Crippen LogP contribution is -2.52. The Morgan fingerprint density at radius 2 is 1.94 bits per heavy atom. The van der Waals surface area contributed by atoms with Gasteiger partial charge >= 0.3 is 12.0 Å². The highest BCUT2D eigenvalue weighted by Crippen LogP contribution is 2.00. The van der Waals surface area contributed by atoms with E-state index in [1.54, 1.807) is 0 Å². The van der Waals surface area contributed by atoms with Crippen LogP contribution in [0.5, 0.6) is 0 Å². The summed E-state index contributed by atoms with van der Waals surface area (Å²) < 4.78 is 11.0. The van der Waals surface area contributed by atoms with Gasteiger partial charge in [-0.1, -0.05) is 0 Å². The molecule has 0 bridgehead atoms. The summed E-state index contributed by atoms with van der Waals surface area (Å²) in [6, 6.07) is -1.84. The quantitative estimate of drug-likeness (QED) is 0.548. The Morgan fingerprint density at radius 1 is 1.38 bits per heavy atom. The van der Waals surface area contributed by atoms with E-state index in [4.69, 9.17) is 10.2 Å². The minimum absolute atomic E-state index is 0.343. The summed E-state index contributed by atoms with van der Waals surface area (Å²) in [5, 5.41) is 19.5.